The second kappa shape index (κ2) is 5.37. The largest absolute Gasteiger partial charge is 0.315 e. The van der Waals surface area contributed by atoms with Crippen LogP contribution >= 0.6 is 0 Å². The van der Waals surface area contributed by atoms with E-state index in [4.69, 9.17) is 5.26 Å². The summed E-state index contributed by atoms with van der Waals surface area (Å²) in [7, 11) is 0. The molecule has 2 aliphatic rings. The first-order valence-corrected chi connectivity index (χ1v) is 6.98. The molecule has 2 saturated heterocycles. The summed E-state index contributed by atoms with van der Waals surface area (Å²) >= 11 is 0. The second-order valence-electron chi connectivity index (χ2n) is 6.26. The van der Waals surface area contributed by atoms with Gasteiger partial charge in [-0.2, -0.15) is 5.26 Å². The fraction of sp³-hybridized carbons (Fsp3) is 0.929. The van der Waals surface area contributed by atoms with E-state index in [1.807, 2.05) is 13.8 Å². The predicted molar refractivity (Wildman–Crippen MR) is 69.6 cm³/mol. The number of piperidine rings is 1. The van der Waals surface area contributed by atoms with Crippen LogP contribution in [0.3, 0.4) is 0 Å². The van der Waals surface area contributed by atoms with Crippen molar-refractivity contribution in [2.75, 3.05) is 26.2 Å². The van der Waals surface area contributed by atoms with Crippen molar-refractivity contribution < 1.29 is 0 Å². The Morgan fingerprint density at radius 3 is 3.00 bits per heavy atom. The molecule has 96 valence electrons. The zero-order chi connectivity index (χ0) is 12.3. The van der Waals surface area contributed by atoms with E-state index in [-0.39, 0.29) is 5.41 Å². The lowest BCUT2D eigenvalue weighted by atomic mass is 9.88. The molecule has 3 nitrogen and oxygen atoms in total. The molecule has 0 spiro atoms. The number of hydrogen-bond donors (Lipinski definition) is 1. The number of nitriles is 1. The molecule has 2 unspecified atom stereocenters. The Morgan fingerprint density at radius 2 is 2.24 bits per heavy atom. The summed E-state index contributed by atoms with van der Waals surface area (Å²) in [6, 6.07) is 3.17. The molecule has 2 aliphatic heterocycles. The van der Waals surface area contributed by atoms with E-state index in [1.54, 1.807) is 0 Å². The molecule has 2 heterocycles. The number of nitrogens with one attached hydrogen (secondary N) is 1. The van der Waals surface area contributed by atoms with Gasteiger partial charge in [-0.3, -0.25) is 4.90 Å². The highest BCUT2D eigenvalue weighted by Crippen LogP contribution is 2.27. The zero-order valence-corrected chi connectivity index (χ0v) is 11.2. The lowest BCUT2D eigenvalue weighted by molar-refractivity contribution is 0.120. The highest BCUT2D eigenvalue weighted by Gasteiger charge is 2.34. The van der Waals surface area contributed by atoms with E-state index in [0.717, 1.165) is 24.8 Å². The van der Waals surface area contributed by atoms with Gasteiger partial charge in [0, 0.05) is 12.6 Å². The summed E-state index contributed by atoms with van der Waals surface area (Å²) < 4.78 is 0. The van der Waals surface area contributed by atoms with Crippen LogP contribution < -0.4 is 5.32 Å². The van der Waals surface area contributed by atoms with Gasteiger partial charge in [0.1, 0.15) is 0 Å². The van der Waals surface area contributed by atoms with Crippen LogP contribution in [-0.4, -0.2) is 37.1 Å². The lowest BCUT2D eigenvalue weighted by Crippen LogP contribution is -2.45. The minimum atomic E-state index is -0.150. The summed E-state index contributed by atoms with van der Waals surface area (Å²) in [4.78, 5) is 2.65. The van der Waals surface area contributed by atoms with Crippen LogP contribution in [0.15, 0.2) is 0 Å². The SMILES string of the molecule is CC(C)(C#N)CCCN1CCCC2CNCC21. The number of likely N-dealkylation sites (tertiary alicyclic amines) is 1. The average Bonchev–Trinajstić information content (AvgIpc) is 2.78. The Bertz CT molecular complexity index is 292. The van der Waals surface area contributed by atoms with Crippen molar-refractivity contribution in [1.29, 1.82) is 5.26 Å². The quantitative estimate of drug-likeness (QED) is 0.810. The van der Waals surface area contributed by atoms with Gasteiger partial charge in [-0.1, -0.05) is 0 Å². The third-order valence-corrected chi connectivity index (χ3v) is 4.34. The maximum absolute atomic E-state index is 9.01. The van der Waals surface area contributed by atoms with Crippen LogP contribution in [0.5, 0.6) is 0 Å². The van der Waals surface area contributed by atoms with Crippen molar-refractivity contribution in [3.63, 3.8) is 0 Å². The molecule has 0 radical (unpaired) electrons. The third-order valence-electron chi connectivity index (χ3n) is 4.34. The minimum absolute atomic E-state index is 0.150. The molecule has 0 amide bonds. The number of rotatable bonds is 4. The van der Waals surface area contributed by atoms with Crippen LogP contribution in [-0.2, 0) is 0 Å². The van der Waals surface area contributed by atoms with Crippen LogP contribution in [0.2, 0.25) is 0 Å². The van der Waals surface area contributed by atoms with Gasteiger partial charge in [-0.25, -0.2) is 0 Å². The maximum atomic E-state index is 9.01. The Labute approximate surface area is 105 Å². The maximum Gasteiger partial charge on any atom is 0.0683 e. The smallest absolute Gasteiger partial charge is 0.0683 e. The summed E-state index contributed by atoms with van der Waals surface area (Å²) in [5.74, 6) is 0.882. The van der Waals surface area contributed by atoms with Gasteiger partial charge in [0.05, 0.1) is 11.5 Å². The molecule has 3 heteroatoms. The van der Waals surface area contributed by atoms with Gasteiger partial charge in [-0.15, -0.1) is 0 Å². The summed E-state index contributed by atoms with van der Waals surface area (Å²) in [6.07, 6.45) is 4.93. The van der Waals surface area contributed by atoms with Gasteiger partial charge in [0.15, 0.2) is 0 Å². The van der Waals surface area contributed by atoms with E-state index < -0.39 is 0 Å². The molecule has 0 bridgehead atoms. The number of fused-ring (bicyclic) bond motifs is 1. The summed E-state index contributed by atoms with van der Waals surface area (Å²) in [5, 5.41) is 12.5. The highest BCUT2D eigenvalue weighted by molar-refractivity contribution is 4.94. The Hall–Kier alpha value is -0.590. The van der Waals surface area contributed by atoms with Gasteiger partial charge in [0.2, 0.25) is 0 Å². The van der Waals surface area contributed by atoms with Gasteiger partial charge in [-0.05, 0) is 65.1 Å². The standard InChI is InChI=1S/C14H25N3/c1-14(2,11-15)6-4-8-17-7-3-5-12-9-16-10-13(12)17/h12-13,16H,3-10H2,1-2H3. The van der Waals surface area contributed by atoms with E-state index in [9.17, 15) is 0 Å². The van der Waals surface area contributed by atoms with Crippen molar-refractivity contribution in [1.82, 2.24) is 10.2 Å². The first-order valence-electron chi connectivity index (χ1n) is 6.98. The molecular formula is C14H25N3. The molecule has 0 aromatic rings. The molecule has 17 heavy (non-hydrogen) atoms. The first-order chi connectivity index (χ1) is 8.12. The molecule has 0 aliphatic carbocycles. The third kappa shape index (κ3) is 3.20. The monoisotopic (exact) mass is 235 g/mol. The Kier molecular flexibility index (Phi) is 4.06. The normalized spacial score (nSPS) is 29.9. The topological polar surface area (TPSA) is 39.1 Å². The van der Waals surface area contributed by atoms with Crippen LogP contribution in [0.1, 0.15) is 39.5 Å². The van der Waals surface area contributed by atoms with Gasteiger partial charge >= 0.3 is 0 Å². The number of hydrogen-bond acceptors (Lipinski definition) is 3. The minimum Gasteiger partial charge on any atom is -0.315 e. The van der Waals surface area contributed by atoms with E-state index in [1.165, 1.54) is 39.0 Å². The summed E-state index contributed by atoms with van der Waals surface area (Å²) in [5.41, 5.74) is -0.150. The fourth-order valence-corrected chi connectivity index (χ4v) is 3.22. The summed E-state index contributed by atoms with van der Waals surface area (Å²) in [6.45, 7) is 8.91. The van der Waals surface area contributed by atoms with Gasteiger partial charge < -0.3 is 5.32 Å². The zero-order valence-electron chi connectivity index (χ0n) is 11.2. The molecule has 2 rings (SSSR count). The van der Waals surface area contributed by atoms with Gasteiger partial charge in [0.25, 0.3) is 0 Å². The molecule has 0 aromatic heterocycles. The highest BCUT2D eigenvalue weighted by atomic mass is 15.2. The molecule has 2 fully saturated rings. The Balaban J connectivity index is 1.77. The van der Waals surface area contributed by atoms with Crippen LogP contribution in [0, 0.1) is 22.7 Å². The van der Waals surface area contributed by atoms with Crippen LogP contribution in [0.4, 0.5) is 0 Å². The van der Waals surface area contributed by atoms with Crippen molar-refractivity contribution >= 4 is 0 Å². The van der Waals surface area contributed by atoms with Crippen molar-refractivity contribution in [2.24, 2.45) is 11.3 Å². The van der Waals surface area contributed by atoms with E-state index in [0.29, 0.717) is 0 Å². The number of nitrogens with zero attached hydrogens (tertiary/aromatic N) is 2. The Morgan fingerprint density at radius 1 is 1.41 bits per heavy atom. The first kappa shape index (κ1) is 12.9. The second-order valence-corrected chi connectivity index (χ2v) is 6.26. The lowest BCUT2D eigenvalue weighted by Gasteiger charge is -2.37. The average molecular weight is 235 g/mol. The molecule has 0 saturated carbocycles. The predicted octanol–water partition coefficient (Wildman–Crippen LogP) is 2.00. The van der Waals surface area contributed by atoms with Crippen molar-refractivity contribution in [2.45, 2.75) is 45.6 Å². The van der Waals surface area contributed by atoms with E-state index >= 15 is 0 Å². The van der Waals surface area contributed by atoms with E-state index in [2.05, 4.69) is 16.3 Å². The van der Waals surface area contributed by atoms with Crippen LogP contribution in [0.25, 0.3) is 0 Å². The van der Waals surface area contributed by atoms with Crippen molar-refractivity contribution in [3.8, 4) is 6.07 Å². The molecule has 2 atom stereocenters. The van der Waals surface area contributed by atoms with Crippen molar-refractivity contribution in [3.05, 3.63) is 0 Å². The molecule has 1 N–H and O–H groups in total. The fourth-order valence-electron chi connectivity index (χ4n) is 3.22. The molecule has 0 aromatic carbocycles. The molecular weight excluding hydrogens is 210 g/mol.